The lowest BCUT2D eigenvalue weighted by Gasteiger charge is -2.61. The maximum atomic E-state index is 12.6. The average molecular weight is 320 g/mol. The van der Waals surface area contributed by atoms with Crippen LogP contribution in [0.25, 0.3) is 0 Å². The van der Waals surface area contributed by atoms with Crippen molar-refractivity contribution in [1.29, 1.82) is 0 Å². The second-order valence-electron chi connectivity index (χ2n) is 7.99. The van der Waals surface area contributed by atoms with Gasteiger partial charge in [-0.15, -0.1) is 0 Å². The van der Waals surface area contributed by atoms with Crippen LogP contribution >= 0.6 is 0 Å². The van der Waals surface area contributed by atoms with Crippen molar-refractivity contribution in [3.63, 3.8) is 0 Å². The predicted molar refractivity (Wildman–Crippen MR) is 72.8 cm³/mol. The number of aliphatic hydroxyl groups excluding tert-OH is 1. The number of carbonyl (C=O) groups is 1. The molecule has 3 atom stereocenters. The van der Waals surface area contributed by atoms with E-state index in [9.17, 15) is 23.1 Å². The summed E-state index contributed by atoms with van der Waals surface area (Å²) in [6.45, 7) is 1.05. The highest BCUT2D eigenvalue weighted by atomic mass is 19.4. The Morgan fingerprint density at radius 1 is 1.23 bits per heavy atom. The van der Waals surface area contributed by atoms with Gasteiger partial charge in [0.05, 0.1) is 6.61 Å². The number of hydrogen-bond acceptors (Lipinski definition) is 3. The zero-order chi connectivity index (χ0) is 16.2. The fourth-order valence-corrected chi connectivity index (χ4v) is 5.49. The Morgan fingerprint density at radius 3 is 2.27 bits per heavy atom. The normalized spacial score (nSPS) is 41.5. The second kappa shape index (κ2) is 5.11. The summed E-state index contributed by atoms with van der Waals surface area (Å²) in [5.41, 5.74) is -0.306. The molecule has 4 aliphatic rings. The third-order valence-electron chi connectivity index (χ3n) is 6.00. The molecule has 0 amide bonds. The molecule has 3 unspecified atom stereocenters. The van der Waals surface area contributed by atoms with Crippen LogP contribution in [0.15, 0.2) is 0 Å². The zero-order valence-corrected chi connectivity index (χ0v) is 12.8. The standard InChI is InChI=1S/C16H23F3O3/c1-10(16(17,18)19)13(21)22-9-15-5-11-2-12(6-15)4-14(3-11,7-15)8-20/h10-12,20H,2-9H2,1H3. The Kier molecular flexibility index (Phi) is 3.74. The van der Waals surface area contributed by atoms with Crippen molar-refractivity contribution in [2.75, 3.05) is 13.2 Å². The first-order valence-electron chi connectivity index (χ1n) is 8.01. The first-order valence-corrected chi connectivity index (χ1v) is 8.01. The zero-order valence-electron chi connectivity index (χ0n) is 12.8. The van der Waals surface area contributed by atoms with Crippen molar-refractivity contribution in [1.82, 2.24) is 0 Å². The molecule has 6 heteroatoms. The largest absolute Gasteiger partial charge is 0.465 e. The number of halogens is 3. The molecule has 0 aliphatic heterocycles. The molecule has 4 aliphatic carbocycles. The highest BCUT2D eigenvalue weighted by Crippen LogP contribution is 2.65. The minimum Gasteiger partial charge on any atom is -0.465 e. The molecule has 4 fully saturated rings. The number of esters is 1. The van der Waals surface area contributed by atoms with Crippen LogP contribution in [-0.4, -0.2) is 30.5 Å². The molecule has 1 N–H and O–H groups in total. The van der Waals surface area contributed by atoms with Crippen LogP contribution in [0.5, 0.6) is 0 Å². The van der Waals surface area contributed by atoms with Gasteiger partial charge in [0.2, 0.25) is 0 Å². The number of ether oxygens (including phenoxy) is 1. The van der Waals surface area contributed by atoms with E-state index >= 15 is 0 Å². The van der Waals surface area contributed by atoms with Crippen LogP contribution < -0.4 is 0 Å². The minimum absolute atomic E-state index is 0.0704. The summed E-state index contributed by atoms with van der Waals surface area (Å²) in [7, 11) is 0. The summed E-state index contributed by atoms with van der Waals surface area (Å²) in [6, 6.07) is 0. The molecular formula is C16H23F3O3. The van der Waals surface area contributed by atoms with E-state index in [1.165, 1.54) is 0 Å². The smallest absolute Gasteiger partial charge is 0.401 e. The molecule has 4 saturated carbocycles. The van der Waals surface area contributed by atoms with Crippen molar-refractivity contribution in [3.05, 3.63) is 0 Å². The number of rotatable bonds is 4. The lowest BCUT2D eigenvalue weighted by molar-refractivity contribution is -0.203. The monoisotopic (exact) mass is 320 g/mol. The average Bonchev–Trinajstić information content (AvgIpc) is 2.41. The summed E-state index contributed by atoms with van der Waals surface area (Å²) in [6.07, 6.45) is 1.22. The van der Waals surface area contributed by atoms with Gasteiger partial charge in [-0.3, -0.25) is 4.79 Å². The molecule has 0 radical (unpaired) electrons. The third kappa shape index (κ3) is 2.74. The molecule has 0 saturated heterocycles. The summed E-state index contributed by atoms with van der Waals surface area (Å²) in [5.74, 6) is -2.21. The number of alkyl halides is 3. The molecule has 4 rings (SSSR count). The molecule has 3 nitrogen and oxygen atoms in total. The Hall–Kier alpha value is -0.780. The van der Waals surface area contributed by atoms with Crippen molar-refractivity contribution < 1.29 is 27.8 Å². The van der Waals surface area contributed by atoms with Crippen LogP contribution in [0.2, 0.25) is 0 Å². The van der Waals surface area contributed by atoms with E-state index in [1.807, 2.05) is 0 Å². The van der Waals surface area contributed by atoms with Gasteiger partial charge in [-0.1, -0.05) is 0 Å². The van der Waals surface area contributed by atoms with E-state index < -0.39 is 18.1 Å². The molecular weight excluding hydrogens is 297 g/mol. The first-order chi connectivity index (χ1) is 10.2. The Morgan fingerprint density at radius 2 is 1.77 bits per heavy atom. The van der Waals surface area contributed by atoms with Gasteiger partial charge in [0, 0.05) is 12.0 Å². The Labute approximate surface area is 128 Å². The van der Waals surface area contributed by atoms with Crippen molar-refractivity contribution in [2.45, 2.75) is 51.6 Å². The van der Waals surface area contributed by atoms with Crippen LogP contribution in [0.1, 0.15) is 45.4 Å². The molecule has 0 aromatic rings. The van der Waals surface area contributed by atoms with Gasteiger partial charge in [-0.2, -0.15) is 13.2 Å². The van der Waals surface area contributed by atoms with E-state index in [0.717, 1.165) is 45.4 Å². The molecule has 22 heavy (non-hydrogen) atoms. The van der Waals surface area contributed by atoms with Crippen LogP contribution in [0, 0.1) is 28.6 Å². The minimum atomic E-state index is -4.55. The summed E-state index contributed by atoms with van der Waals surface area (Å²) >= 11 is 0. The molecule has 0 aromatic carbocycles. The number of hydrogen-bond donors (Lipinski definition) is 1. The quantitative estimate of drug-likeness (QED) is 0.809. The van der Waals surface area contributed by atoms with Gasteiger partial charge in [0.25, 0.3) is 0 Å². The van der Waals surface area contributed by atoms with Gasteiger partial charge < -0.3 is 9.84 Å². The highest BCUT2D eigenvalue weighted by molar-refractivity contribution is 5.72. The van der Waals surface area contributed by atoms with E-state index in [0.29, 0.717) is 11.8 Å². The van der Waals surface area contributed by atoms with Gasteiger partial charge in [0.1, 0.15) is 5.92 Å². The summed E-state index contributed by atoms with van der Waals surface area (Å²) in [5, 5.41) is 9.76. The van der Waals surface area contributed by atoms with Crippen molar-refractivity contribution >= 4 is 5.97 Å². The van der Waals surface area contributed by atoms with E-state index in [4.69, 9.17) is 4.74 Å². The lowest BCUT2D eigenvalue weighted by atomic mass is 9.44. The molecule has 126 valence electrons. The molecule has 0 spiro atoms. The summed E-state index contributed by atoms with van der Waals surface area (Å²) in [4.78, 5) is 11.6. The highest BCUT2D eigenvalue weighted by Gasteiger charge is 2.58. The second-order valence-corrected chi connectivity index (χ2v) is 7.99. The fourth-order valence-electron chi connectivity index (χ4n) is 5.49. The van der Waals surface area contributed by atoms with Gasteiger partial charge in [0.15, 0.2) is 0 Å². The van der Waals surface area contributed by atoms with Crippen molar-refractivity contribution in [3.8, 4) is 0 Å². The third-order valence-corrected chi connectivity index (χ3v) is 6.00. The van der Waals surface area contributed by atoms with Gasteiger partial charge >= 0.3 is 12.1 Å². The van der Waals surface area contributed by atoms with E-state index in [1.54, 1.807) is 0 Å². The molecule has 0 aromatic heterocycles. The van der Waals surface area contributed by atoms with Crippen LogP contribution in [0.3, 0.4) is 0 Å². The molecule has 0 heterocycles. The SMILES string of the molecule is CC(C(=O)OCC12CC3CC(CC(CO)(C3)C1)C2)C(F)(F)F. The van der Waals surface area contributed by atoms with Gasteiger partial charge in [-0.25, -0.2) is 0 Å². The first kappa shape index (κ1) is 16.1. The Bertz CT molecular complexity index is 446. The number of carbonyl (C=O) groups excluding carboxylic acids is 1. The van der Waals surface area contributed by atoms with Crippen LogP contribution in [0.4, 0.5) is 13.2 Å². The van der Waals surface area contributed by atoms with E-state index in [2.05, 4.69) is 0 Å². The van der Waals surface area contributed by atoms with E-state index in [-0.39, 0.29) is 24.0 Å². The van der Waals surface area contributed by atoms with Gasteiger partial charge in [-0.05, 0) is 62.7 Å². The summed E-state index contributed by atoms with van der Waals surface area (Å²) < 4.78 is 42.8. The Balaban J connectivity index is 1.66. The fraction of sp³-hybridized carbons (Fsp3) is 0.938. The van der Waals surface area contributed by atoms with Crippen LogP contribution in [-0.2, 0) is 9.53 Å². The van der Waals surface area contributed by atoms with Crippen molar-refractivity contribution in [2.24, 2.45) is 28.6 Å². The number of aliphatic hydroxyl groups is 1. The lowest BCUT2D eigenvalue weighted by Crippen LogP contribution is -2.55. The maximum absolute atomic E-state index is 12.6. The topological polar surface area (TPSA) is 46.5 Å². The maximum Gasteiger partial charge on any atom is 0.401 e. The predicted octanol–water partition coefficient (Wildman–Crippen LogP) is 3.31. The molecule has 4 bridgehead atoms.